The summed E-state index contributed by atoms with van der Waals surface area (Å²) in [6.07, 6.45) is 20.9. The number of aryl methyl sites for hydroxylation is 3. The van der Waals surface area contributed by atoms with Crippen molar-refractivity contribution in [2.45, 2.75) is 40.2 Å². The third kappa shape index (κ3) is 5.66. The fraction of sp³-hybridized carbons (Fsp3) is 0.115. The van der Waals surface area contributed by atoms with Gasteiger partial charge in [0, 0.05) is 61.9 Å². The Balaban J connectivity index is 1.18. The van der Waals surface area contributed by atoms with E-state index >= 15 is 0 Å². The highest BCUT2D eigenvalue weighted by Gasteiger charge is 2.19. The number of rotatable bonds is 9. The van der Waals surface area contributed by atoms with Crippen molar-refractivity contribution in [3.63, 3.8) is 0 Å². The van der Waals surface area contributed by atoms with Gasteiger partial charge in [0.25, 0.3) is 0 Å². The smallest absolute Gasteiger partial charge is 0.0537 e. The summed E-state index contributed by atoms with van der Waals surface area (Å²) in [6, 6.07) is 38.5. The van der Waals surface area contributed by atoms with Crippen LogP contribution in [0.3, 0.4) is 0 Å². The van der Waals surface area contributed by atoms with Gasteiger partial charge in [0.2, 0.25) is 0 Å². The quantitative estimate of drug-likeness (QED) is 0.132. The molecule has 3 aromatic heterocycles. The first kappa shape index (κ1) is 34.2. The van der Waals surface area contributed by atoms with Crippen molar-refractivity contribution in [3.8, 4) is 27.9 Å². The maximum atomic E-state index is 3.94. The van der Waals surface area contributed by atoms with Gasteiger partial charge < -0.3 is 13.7 Å². The molecule has 0 unspecified atom stereocenters. The van der Waals surface area contributed by atoms with E-state index in [1.54, 1.807) is 0 Å². The third-order valence-corrected chi connectivity index (χ3v) is 11.5. The second-order valence-electron chi connectivity index (χ2n) is 14.5. The molecule has 0 radical (unpaired) electrons. The minimum atomic E-state index is 0.905. The molecule has 0 spiro atoms. The fourth-order valence-corrected chi connectivity index (χ4v) is 8.76. The van der Waals surface area contributed by atoms with Gasteiger partial charge in [-0.1, -0.05) is 92.1 Å². The van der Waals surface area contributed by atoms with Crippen LogP contribution in [0.1, 0.15) is 42.3 Å². The van der Waals surface area contributed by atoms with E-state index in [9.17, 15) is 0 Å². The molecule has 0 aliphatic heterocycles. The van der Waals surface area contributed by atoms with E-state index in [2.05, 4.69) is 181 Å². The van der Waals surface area contributed by atoms with Gasteiger partial charge in [-0.25, -0.2) is 0 Å². The van der Waals surface area contributed by atoms with Crippen molar-refractivity contribution in [1.29, 1.82) is 0 Å². The first-order valence-electron chi connectivity index (χ1n) is 19.4. The number of benzene rings is 5. The lowest BCUT2D eigenvalue weighted by molar-refractivity contribution is 0.827. The molecule has 0 saturated heterocycles. The van der Waals surface area contributed by atoms with E-state index < -0.39 is 0 Å². The third-order valence-electron chi connectivity index (χ3n) is 11.5. The SMILES string of the molecule is C=CC=Cc1c(C)c2cc(-c3ccc4c(c3)c3cc(-c5ccc6c(c5)c(C)c(C=CC=C)n6-c5ccccc5)ccc3n4CC)ccc2n1C1=CC=CCC1. The summed E-state index contributed by atoms with van der Waals surface area (Å²) >= 11 is 0. The van der Waals surface area contributed by atoms with Crippen LogP contribution < -0.4 is 0 Å². The molecule has 0 amide bonds. The molecule has 1 aliphatic rings. The van der Waals surface area contributed by atoms with Crippen LogP contribution in [0.5, 0.6) is 0 Å². The summed E-state index contributed by atoms with van der Waals surface area (Å²) in [7, 11) is 0. The minimum Gasteiger partial charge on any atom is -0.341 e. The lowest BCUT2D eigenvalue weighted by Gasteiger charge is -2.15. The largest absolute Gasteiger partial charge is 0.341 e. The van der Waals surface area contributed by atoms with Gasteiger partial charge >= 0.3 is 0 Å². The first-order valence-corrected chi connectivity index (χ1v) is 19.4. The summed E-state index contributed by atoms with van der Waals surface area (Å²) in [5, 5.41) is 5.10. The van der Waals surface area contributed by atoms with Crippen LogP contribution in [0.2, 0.25) is 0 Å². The summed E-state index contributed by atoms with van der Waals surface area (Å²) in [4.78, 5) is 0. The molecule has 0 N–H and O–H groups in total. The number of nitrogens with zero attached hydrogens (tertiary/aromatic N) is 3. The maximum absolute atomic E-state index is 3.94. The molecule has 0 saturated carbocycles. The second-order valence-corrected chi connectivity index (χ2v) is 14.5. The van der Waals surface area contributed by atoms with Gasteiger partial charge in [-0.2, -0.15) is 0 Å². The number of hydrogen-bond acceptors (Lipinski definition) is 0. The standard InChI is InChI=1S/C52H45N3/c1-6-9-21-47-35(4)43-31-37(25-29-51(43)54(47)41-17-13-11-14-18-41)39-23-27-49-45(33-39)46-34-40(24-28-50(46)53(49)8-3)38-26-30-52-44(32-38)36(5)48(22-10-7-2)55(52)42-19-15-12-16-20-42/h6-7,9-15,17-19,21-34H,1-2,8,16,20H2,3-5H3. The molecular formula is C52H45N3. The zero-order valence-electron chi connectivity index (χ0n) is 31.9. The van der Waals surface area contributed by atoms with Crippen LogP contribution >= 0.6 is 0 Å². The summed E-state index contributed by atoms with van der Waals surface area (Å²) in [6.45, 7) is 15.5. The average Bonchev–Trinajstić information content (AvgIpc) is 3.81. The topological polar surface area (TPSA) is 14.8 Å². The summed E-state index contributed by atoms with van der Waals surface area (Å²) in [5.41, 5.74) is 17.3. The predicted octanol–water partition coefficient (Wildman–Crippen LogP) is 14.3. The van der Waals surface area contributed by atoms with Crippen LogP contribution in [0, 0.1) is 13.8 Å². The summed E-state index contributed by atoms with van der Waals surface area (Å²) in [5.74, 6) is 0. The van der Waals surface area contributed by atoms with Crippen molar-refractivity contribution >= 4 is 61.5 Å². The highest BCUT2D eigenvalue weighted by molar-refractivity contribution is 6.11. The van der Waals surface area contributed by atoms with Gasteiger partial charge in [-0.3, -0.25) is 0 Å². The van der Waals surface area contributed by atoms with Crippen LogP contribution in [-0.4, -0.2) is 13.7 Å². The van der Waals surface area contributed by atoms with E-state index in [0.717, 1.165) is 25.1 Å². The molecule has 5 aromatic carbocycles. The Morgan fingerprint density at radius 2 is 1.07 bits per heavy atom. The summed E-state index contributed by atoms with van der Waals surface area (Å²) < 4.78 is 7.23. The van der Waals surface area contributed by atoms with E-state index in [4.69, 9.17) is 0 Å². The molecule has 3 nitrogen and oxygen atoms in total. The first-order chi connectivity index (χ1) is 27.0. The predicted molar refractivity (Wildman–Crippen MR) is 239 cm³/mol. The zero-order valence-corrected chi connectivity index (χ0v) is 31.9. The van der Waals surface area contributed by atoms with E-state index in [1.165, 1.54) is 94.1 Å². The molecule has 0 atom stereocenters. The zero-order chi connectivity index (χ0) is 37.6. The number of hydrogen-bond donors (Lipinski definition) is 0. The molecule has 1 aliphatic carbocycles. The minimum absolute atomic E-state index is 0.905. The van der Waals surface area contributed by atoms with Gasteiger partial charge in [0.1, 0.15) is 0 Å². The molecule has 268 valence electrons. The van der Waals surface area contributed by atoms with Gasteiger partial charge in [-0.05, 0) is 146 Å². The number of para-hydroxylation sites is 1. The number of aromatic nitrogens is 3. The normalized spacial score (nSPS) is 13.3. The fourth-order valence-electron chi connectivity index (χ4n) is 8.76. The monoisotopic (exact) mass is 711 g/mol. The van der Waals surface area contributed by atoms with E-state index in [1.807, 2.05) is 24.3 Å². The van der Waals surface area contributed by atoms with Crippen molar-refractivity contribution < 1.29 is 0 Å². The molecule has 3 heterocycles. The van der Waals surface area contributed by atoms with Crippen molar-refractivity contribution in [2.24, 2.45) is 0 Å². The Morgan fingerprint density at radius 3 is 1.56 bits per heavy atom. The van der Waals surface area contributed by atoms with Crippen molar-refractivity contribution in [1.82, 2.24) is 13.7 Å². The van der Waals surface area contributed by atoms with Gasteiger partial charge in [0.05, 0.1) is 11.0 Å². The van der Waals surface area contributed by atoms with Gasteiger partial charge in [-0.15, -0.1) is 0 Å². The van der Waals surface area contributed by atoms with Crippen LogP contribution in [0.25, 0.3) is 89.4 Å². The highest BCUT2D eigenvalue weighted by atomic mass is 15.0. The van der Waals surface area contributed by atoms with Crippen LogP contribution in [0.4, 0.5) is 0 Å². The Morgan fingerprint density at radius 1 is 0.582 bits per heavy atom. The molecule has 8 aromatic rings. The maximum Gasteiger partial charge on any atom is 0.0537 e. The molecule has 3 heteroatoms. The highest BCUT2D eigenvalue weighted by Crippen LogP contribution is 2.40. The Kier molecular flexibility index (Phi) is 8.71. The lowest BCUT2D eigenvalue weighted by Crippen LogP contribution is -2.01. The van der Waals surface area contributed by atoms with Crippen LogP contribution in [0.15, 0.2) is 159 Å². The molecule has 0 fully saturated rings. The Labute approximate surface area is 323 Å². The number of fused-ring (bicyclic) bond motifs is 5. The molecular weight excluding hydrogens is 667 g/mol. The van der Waals surface area contributed by atoms with Crippen molar-refractivity contribution in [2.75, 3.05) is 0 Å². The van der Waals surface area contributed by atoms with E-state index in [-0.39, 0.29) is 0 Å². The lowest BCUT2D eigenvalue weighted by atomic mass is 9.98. The number of allylic oxidation sites excluding steroid dienone is 8. The molecule has 55 heavy (non-hydrogen) atoms. The molecule has 0 bridgehead atoms. The Hall–Kier alpha value is -6.58. The van der Waals surface area contributed by atoms with Gasteiger partial charge in [0.15, 0.2) is 0 Å². The second kappa shape index (κ2) is 14.0. The van der Waals surface area contributed by atoms with E-state index in [0.29, 0.717) is 0 Å². The average molecular weight is 712 g/mol. The van der Waals surface area contributed by atoms with Crippen LogP contribution in [-0.2, 0) is 6.54 Å². The Bertz CT molecular complexity index is 2950. The van der Waals surface area contributed by atoms with Crippen molar-refractivity contribution in [3.05, 3.63) is 181 Å². The molecule has 9 rings (SSSR count).